The van der Waals surface area contributed by atoms with Gasteiger partial charge in [-0.1, -0.05) is 48.5 Å². The summed E-state index contributed by atoms with van der Waals surface area (Å²) < 4.78 is 6.07. The SMILES string of the molecule is CN(Cc1cccc(-c2ccccn2)c1)C1OCCc2ccccc21. The zero-order valence-electron chi connectivity index (χ0n) is 14.4. The zero-order valence-corrected chi connectivity index (χ0v) is 14.4. The molecule has 1 aromatic heterocycles. The molecule has 3 heteroatoms. The van der Waals surface area contributed by atoms with E-state index >= 15 is 0 Å². The molecule has 0 bridgehead atoms. The summed E-state index contributed by atoms with van der Waals surface area (Å²) in [6.45, 7) is 1.61. The van der Waals surface area contributed by atoms with Crippen LogP contribution in [-0.4, -0.2) is 23.5 Å². The first kappa shape index (κ1) is 16.0. The molecule has 4 rings (SSSR count). The Morgan fingerprint density at radius 3 is 2.80 bits per heavy atom. The lowest BCUT2D eigenvalue weighted by Gasteiger charge is -2.33. The highest BCUT2D eigenvalue weighted by Crippen LogP contribution is 2.30. The molecule has 1 aliphatic rings. The highest BCUT2D eigenvalue weighted by molar-refractivity contribution is 5.59. The first-order chi connectivity index (χ1) is 12.3. The minimum atomic E-state index is 0.0171. The van der Waals surface area contributed by atoms with Crippen molar-refractivity contribution >= 4 is 0 Å². The molecule has 0 saturated carbocycles. The number of hydrogen-bond donors (Lipinski definition) is 0. The van der Waals surface area contributed by atoms with Gasteiger partial charge in [-0.15, -0.1) is 0 Å². The van der Waals surface area contributed by atoms with Gasteiger partial charge in [0, 0.05) is 18.3 Å². The molecule has 0 N–H and O–H groups in total. The third-order valence-electron chi connectivity index (χ3n) is 4.69. The molecular weight excluding hydrogens is 308 g/mol. The van der Waals surface area contributed by atoms with Gasteiger partial charge >= 0.3 is 0 Å². The summed E-state index contributed by atoms with van der Waals surface area (Å²) in [5, 5.41) is 0. The maximum atomic E-state index is 6.07. The van der Waals surface area contributed by atoms with Crippen molar-refractivity contribution in [3.8, 4) is 11.3 Å². The average molecular weight is 330 g/mol. The second-order valence-corrected chi connectivity index (χ2v) is 6.50. The first-order valence-electron chi connectivity index (χ1n) is 8.71. The number of aromatic nitrogens is 1. The molecular formula is C22H22N2O. The Morgan fingerprint density at radius 1 is 1.04 bits per heavy atom. The molecule has 0 radical (unpaired) electrons. The Kier molecular flexibility index (Phi) is 4.59. The van der Waals surface area contributed by atoms with E-state index in [9.17, 15) is 0 Å². The van der Waals surface area contributed by atoms with Crippen molar-refractivity contribution in [1.82, 2.24) is 9.88 Å². The lowest BCUT2D eigenvalue weighted by atomic mass is 10.0. The number of fused-ring (bicyclic) bond motifs is 1. The van der Waals surface area contributed by atoms with Crippen molar-refractivity contribution in [2.24, 2.45) is 0 Å². The van der Waals surface area contributed by atoms with E-state index in [0.717, 1.165) is 30.8 Å². The van der Waals surface area contributed by atoms with Gasteiger partial charge in [-0.25, -0.2) is 0 Å². The highest BCUT2D eigenvalue weighted by Gasteiger charge is 2.24. The normalized spacial score (nSPS) is 16.6. The van der Waals surface area contributed by atoms with Crippen LogP contribution in [0.25, 0.3) is 11.3 Å². The van der Waals surface area contributed by atoms with Crippen LogP contribution in [0.5, 0.6) is 0 Å². The van der Waals surface area contributed by atoms with Crippen LogP contribution >= 0.6 is 0 Å². The van der Waals surface area contributed by atoms with E-state index in [1.165, 1.54) is 16.7 Å². The van der Waals surface area contributed by atoms with Gasteiger partial charge in [0.1, 0.15) is 6.23 Å². The van der Waals surface area contributed by atoms with Gasteiger partial charge in [0.2, 0.25) is 0 Å². The monoisotopic (exact) mass is 330 g/mol. The Morgan fingerprint density at radius 2 is 1.92 bits per heavy atom. The molecule has 2 aromatic carbocycles. The first-order valence-corrected chi connectivity index (χ1v) is 8.71. The summed E-state index contributed by atoms with van der Waals surface area (Å²) in [4.78, 5) is 6.72. The van der Waals surface area contributed by atoms with Crippen molar-refractivity contribution in [2.45, 2.75) is 19.2 Å². The van der Waals surface area contributed by atoms with Gasteiger partial charge in [-0.05, 0) is 48.4 Å². The van der Waals surface area contributed by atoms with Crippen LogP contribution in [0, 0.1) is 0 Å². The fourth-order valence-electron chi connectivity index (χ4n) is 3.47. The number of nitrogens with zero attached hydrogens (tertiary/aromatic N) is 2. The fraction of sp³-hybridized carbons (Fsp3) is 0.227. The molecule has 0 aliphatic carbocycles. The van der Waals surface area contributed by atoms with Gasteiger partial charge in [0.05, 0.1) is 12.3 Å². The highest BCUT2D eigenvalue weighted by atomic mass is 16.5. The Balaban J connectivity index is 1.55. The van der Waals surface area contributed by atoms with Crippen molar-refractivity contribution in [3.05, 3.63) is 89.6 Å². The van der Waals surface area contributed by atoms with E-state index in [1.54, 1.807) is 0 Å². The molecule has 3 nitrogen and oxygen atoms in total. The summed E-state index contributed by atoms with van der Waals surface area (Å²) in [6.07, 6.45) is 2.85. The lowest BCUT2D eigenvalue weighted by molar-refractivity contribution is -0.0624. The summed E-state index contributed by atoms with van der Waals surface area (Å²) in [5.74, 6) is 0. The summed E-state index contributed by atoms with van der Waals surface area (Å²) in [7, 11) is 2.13. The fourth-order valence-corrected chi connectivity index (χ4v) is 3.47. The van der Waals surface area contributed by atoms with Gasteiger partial charge in [-0.3, -0.25) is 9.88 Å². The molecule has 1 aliphatic heterocycles. The van der Waals surface area contributed by atoms with Crippen LogP contribution in [0.1, 0.15) is 22.9 Å². The van der Waals surface area contributed by atoms with Gasteiger partial charge in [-0.2, -0.15) is 0 Å². The maximum absolute atomic E-state index is 6.07. The van der Waals surface area contributed by atoms with Crippen molar-refractivity contribution < 1.29 is 4.74 Å². The minimum Gasteiger partial charge on any atom is -0.358 e. The van der Waals surface area contributed by atoms with Gasteiger partial charge in [0.15, 0.2) is 0 Å². The predicted molar refractivity (Wildman–Crippen MR) is 100.0 cm³/mol. The molecule has 2 heterocycles. The Hall–Kier alpha value is -2.49. The number of ether oxygens (including phenoxy) is 1. The van der Waals surface area contributed by atoms with Crippen LogP contribution in [0.4, 0.5) is 0 Å². The second-order valence-electron chi connectivity index (χ2n) is 6.50. The standard InChI is InChI=1S/C22H22N2O/c1-24(22-20-10-3-2-8-18(20)12-14-25-22)16-17-7-6-9-19(15-17)21-11-4-5-13-23-21/h2-11,13,15,22H,12,14,16H2,1H3. The van der Waals surface area contributed by atoms with E-state index in [1.807, 2.05) is 24.4 Å². The van der Waals surface area contributed by atoms with Gasteiger partial charge < -0.3 is 4.74 Å². The molecule has 126 valence electrons. The number of pyridine rings is 1. The smallest absolute Gasteiger partial charge is 0.137 e. The van der Waals surface area contributed by atoms with E-state index in [-0.39, 0.29) is 6.23 Å². The van der Waals surface area contributed by atoms with E-state index in [4.69, 9.17) is 4.74 Å². The van der Waals surface area contributed by atoms with Crippen LogP contribution in [-0.2, 0) is 17.7 Å². The van der Waals surface area contributed by atoms with E-state index in [2.05, 4.69) is 65.5 Å². The van der Waals surface area contributed by atoms with Crippen molar-refractivity contribution in [1.29, 1.82) is 0 Å². The van der Waals surface area contributed by atoms with Crippen LogP contribution in [0.15, 0.2) is 72.9 Å². The third-order valence-corrected chi connectivity index (χ3v) is 4.69. The number of benzene rings is 2. The Labute approximate surface area is 148 Å². The summed E-state index contributed by atoms with van der Waals surface area (Å²) >= 11 is 0. The Bertz CT molecular complexity index is 847. The van der Waals surface area contributed by atoms with Crippen molar-refractivity contribution in [2.75, 3.05) is 13.7 Å². The second kappa shape index (κ2) is 7.18. The summed E-state index contributed by atoms with van der Waals surface area (Å²) in [6, 6.07) is 23.2. The number of rotatable bonds is 4. The van der Waals surface area contributed by atoms with Crippen molar-refractivity contribution in [3.63, 3.8) is 0 Å². The molecule has 0 fully saturated rings. The average Bonchev–Trinajstić information content (AvgIpc) is 2.68. The largest absolute Gasteiger partial charge is 0.358 e. The quantitative estimate of drug-likeness (QED) is 0.706. The topological polar surface area (TPSA) is 25.4 Å². The van der Waals surface area contributed by atoms with E-state index in [0.29, 0.717) is 0 Å². The lowest BCUT2D eigenvalue weighted by Crippen LogP contribution is -2.30. The van der Waals surface area contributed by atoms with E-state index < -0.39 is 0 Å². The molecule has 0 spiro atoms. The third kappa shape index (κ3) is 3.48. The predicted octanol–water partition coefficient (Wildman–Crippen LogP) is 4.45. The van der Waals surface area contributed by atoms with Crippen LogP contribution in [0.3, 0.4) is 0 Å². The molecule has 3 aromatic rings. The van der Waals surface area contributed by atoms with Gasteiger partial charge in [0.25, 0.3) is 0 Å². The molecule has 25 heavy (non-hydrogen) atoms. The summed E-state index contributed by atoms with van der Waals surface area (Å²) in [5.41, 5.74) is 6.10. The number of hydrogen-bond acceptors (Lipinski definition) is 3. The minimum absolute atomic E-state index is 0.0171. The molecule has 0 saturated heterocycles. The maximum Gasteiger partial charge on any atom is 0.137 e. The molecule has 0 amide bonds. The molecule has 1 atom stereocenters. The van der Waals surface area contributed by atoms with Crippen LogP contribution < -0.4 is 0 Å². The zero-order chi connectivity index (χ0) is 17.1. The van der Waals surface area contributed by atoms with Crippen LogP contribution in [0.2, 0.25) is 0 Å². The molecule has 1 unspecified atom stereocenters.